The second kappa shape index (κ2) is 13.3. The second-order valence-corrected chi connectivity index (χ2v) is 13.6. The monoisotopic (exact) mass is 631 g/mol. The van der Waals surface area contributed by atoms with Crippen LogP contribution in [0.1, 0.15) is 96.0 Å². The van der Waals surface area contributed by atoms with E-state index in [2.05, 4.69) is 0 Å². The highest BCUT2D eigenvalue weighted by Crippen LogP contribution is 2.50. The van der Waals surface area contributed by atoms with Crippen LogP contribution in [-0.4, -0.2) is 74.8 Å². The molecule has 1 atom stereocenters. The van der Waals surface area contributed by atoms with Crippen LogP contribution in [0.2, 0.25) is 0 Å². The molecular formula is C29H40F3N3O7S. The summed E-state index contributed by atoms with van der Waals surface area (Å²) in [7, 11) is 0. The maximum atomic E-state index is 14.5. The molecular weight excluding hydrogens is 591 g/mol. The Labute approximate surface area is 253 Å². The van der Waals surface area contributed by atoms with Crippen LogP contribution in [0.15, 0.2) is 17.0 Å². The van der Waals surface area contributed by atoms with E-state index in [1.165, 1.54) is 9.80 Å². The second-order valence-electron chi connectivity index (χ2n) is 12.2. The smallest absolute Gasteiger partial charge is 0.417 e. The van der Waals surface area contributed by atoms with Gasteiger partial charge in [-0.15, -0.1) is 11.8 Å². The number of nitrogens with zero attached hydrogens (tertiary/aromatic N) is 3. The maximum absolute atomic E-state index is 14.5. The summed E-state index contributed by atoms with van der Waals surface area (Å²) in [6.45, 7) is 10.5. The Kier molecular flexibility index (Phi) is 10.7. The van der Waals surface area contributed by atoms with Crippen molar-refractivity contribution in [2.24, 2.45) is 0 Å². The number of rotatable bonds is 8. The Hall–Kier alpha value is -3.03. The van der Waals surface area contributed by atoms with E-state index in [9.17, 15) is 37.7 Å². The van der Waals surface area contributed by atoms with Crippen molar-refractivity contribution >= 4 is 35.4 Å². The molecule has 2 fully saturated rings. The van der Waals surface area contributed by atoms with Crippen LogP contribution in [0.3, 0.4) is 0 Å². The van der Waals surface area contributed by atoms with Gasteiger partial charge in [0.15, 0.2) is 0 Å². The zero-order valence-electron chi connectivity index (χ0n) is 25.4. The molecule has 1 aromatic carbocycles. The topological polar surface area (TPSA) is 119 Å². The lowest BCUT2D eigenvalue weighted by Crippen LogP contribution is -2.54. The number of likely N-dealkylation sites (tertiary alicyclic amines) is 1. The summed E-state index contributed by atoms with van der Waals surface area (Å²) in [5.41, 5.74) is -3.64. The number of esters is 1. The summed E-state index contributed by atoms with van der Waals surface area (Å²) >= 11 is 0.704. The lowest BCUT2D eigenvalue weighted by molar-refractivity contribution is -0.387. The first-order valence-electron chi connectivity index (χ1n) is 14.5. The fourth-order valence-corrected chi connectivity index (χ4v) is 7.08. The molecule has 1 saturated heterocycles. The molecule has 14 heteroatoms. The third-order valence-corrected chi connectivity index (χ3v) is 8.94. The van der Waals surface area contributed by atoms with Gasteiger partial charge in [-0.2, -0.15) is 13.2 Å². The van der Waals surface area contributed by atoms with Crippen LogP contribution >= 0.6 is 11.8 Å². The van der Waals surface area contributed by atoms with E-state index in [4.69, 9.17) is 9.47 Å². The average molecular weight is 632 g/mol. The van der Waals surface area contributed by atoms with Crippen molar-refractivity contribution in [2.45, 2.75) is 114 Å². The van der Waals surface area contributed by atoms with Crippen LogP contribution in [0.4, 0.5) is 23.7 Å². The van der Waals surface area contributed by atoms with Gasteiger partial charge in [-0.3, -0.25) is 19.7 Å². The molecule has 10 nitrogen and oxygen atoms in total. The SMILES string of the molecule is CCOC(=O)C1(Sc2cc(C(F)(F)F)c(C(=O)N(C(C)C)[C@@H]3CCCN(C(=O)OC(C)(C)C)C3)cc2[N+](=O)[O-])CCCC1. The number of hydrogen-bond donors (Lipinski definition) is 0. The number of carbonyl (C=O) groups is 3. The number of nitro benzene ring substituents is 1. The van der Waals surface area contributed by atoms with Crippen LogP contribution in [0, 0.1) is 10.1 Å². The fourth-order valence-electron chi connectivity index (χ4n) is 5.61. The number of ether oxygens (including phenoxy) is 2. The van der Waals surface area contributed by atoms with Crippen LogP contribution in [0.25, 0.3) is 0 Å². The summed E-state index contributed by atoms with van der Waals surface area (Å²) in [6.07, 6.45) is -2.88. The first-order chi connectivity index (χ1) is 19.9. The Bertz CT molecular complexity index is 1230. The van der Waals surface area contributed by atoms with Gasteiger partial charge in [0, 0.05) is 25.2 Å². The van der Waals surface area contributed by atoms with E-state index in [0.29, 0.717) is 69.0 Å². The molecule has 1 aliphatic heterocycles. The Morgan fingerprint density at radius 1 is 1.16 bits per heavy atom. The predicted molar refractivity (Wildman–Crippen MR) is 154 cm³/mol. The number of halogens is 3. The summed E-state index contributed by atoms with van der Waals surface area (Å²) in [4.78, 5) is 53.2. The van der Waals surface area contributed by atoms with Crippen molar-refractivity contribution in [3.63, 3.8) is 0 Å². The molecule has 0 spiro atoms. The van der Waals surface area contributed by atoms with Crippen molar-refractivity contribution < 1.29 is 42.0 Å². The highest BCUT2D eigenvalue weighted by Gasteiger charge is 2.47. The predicted octanol–water partition coefficient (Wildman–Crippen LogP) is 6.83. The number of benzene rings is 1. The Morgan fingerprint density at radius 3 is 2.30 bits per heavy atom. The van der Waals surface area contributed by atoms with Crippen molar-refractivity contribution in [2.75, 3.05) is 19.7 Å². The number of nitro groups is 1. The molecule has 2 aliphatic rings. The van der Waals surface area contributed by atoms with E-state index in [1.54, 1.807) is 41.5 Å². The third kappa shape index (κ3) is 8.12. The minimum Gasteiger partial charge on any atom is -0.465 e. The Morgan fingerprint density at radius 2 is 1.79 bits per heavy atom. The highest BCUT2D eigenvalue weighted by atomic mass is 32.2. The molecule has 0 unspecified atom stereocenters. The quantitative estimate of drug-likeness (QED) is 0.174. The first kappa shape index (κ1) is 34.5. The lowest BCUT2D eigenvalue weighted by Gasteiger charge is -2.41. The van der Waals surface area contributed by atoms with Crippen LogP contribution < -0.4 is 0 Å². The summed E-state index contributed by atoms with van der Waals surface area (Å²) in [6, 6.07) is 0.0525. The van der Waals surface area contributed by atoms with Gasteiger partial charge >= 0.3 is 18.2 Å². The molecule has 0 N–H and O–H groups in total. The third-order valence-electron chi connectivity index (χ3n) is 7.43. The summed E-state index contributed by atoms with van der Waals surface area (Å²) in [5.74, 6) is -1.66. The van der Waals surface area contributed by atoms with Crippen molar-refractivity contribution in [1.29, 1.82) is 0 Å². The van der Waals surface area contributed by atoms with Gasteiger partial charge in [-0.05, 0) is 73.3 Å². The van der Waals surface area contributed by atoms with Gasteiger partial charge in [-0.1, -0.05) is 12.8 Å². The van der Waals surface area contributed by atoms with Gasteiger partial charge in [0.2, 0.25) is 0 Å². The number of thioether (sulfide) groups is 1. The fraction of sp³-hybridized carbons (Fsp3) is 0.690. The van der Waals surface area contributed by atoms with E-state index < -0.39 is 68.3 Å². The lowest BCUT2D eigenvalue weighted by atomic mass is 9.99. The van der Waals surface area contributed by atoms with Crippen LogP contribution in [-0.2, 0) is 20.4 Å². The van der Waals surface area contributed by atoms with Gasteiger partial charge in [-0.25, -0.2) is 4.79 Å². The van der Waals surface area contributed by atoms with Gasteiger partial charge in [0.25, 0.3) is 11.6 Å². The van der Waals surface area contributed by atoms with E-state index in [0.717, 1.165) is 0 Å². The number of carbonyl (C=O) groups excluding carboxylic acids is 3. The number of alkyl halides is 3. The zero-order valence-corrected chi connectivity index (χ0v) is 26.2. The van der Waals surface area contributed by atoms with Crippen molar-refractivity contribution in [3.8, 4) is 0 Å². The summed E-state index contributed by atoms with van der Waals surface area (Å²) < 4.78 is 53.0. The number of piperidine rings is 1. The first-order valence-corrected chi connectivity index (χ1v) is 15.3. The molecule has 43 heavy (non-hydrogen) atoms. The molecule has 0 aromatic heterocycles. The van der Waals surface area contributed by atoms with E-state index in [-0.39, 0.29) is 18.0 Å². The molecule has 2 amide bonds. The summed E-state index contributed by atoms with van der Waals surface area (Å²) in [5, 5.41) is 12.2. The standard InChI is InChI=1S/C29H40F3N3O7S/c1-7-41-25(37)28(12-8-9-13-28)43-23-16-21(29(30,31)32)20(15-22(23)35(39)40)24(36)34(18(2)3)19-11-10-14-33(17-19)26(38)42-27(4,5)6/h15-16,18-19H,7-14,17H2,1-6H3/t19-/m1/s1. The normalized spacial score (nSPS) is 18.8. The molecule has 1 saturated carbocycles. The van der Waals surface area contributed by atoms with Gasteiger partial charge < -0.3 is 19.3 Å². The molecule has 3 rings (SSSR count). The van der Waals surface area contributed by atoms with Crippen molar-refractivity contribution in [1.82, 2.24) is 9.80 Å². The van der Waals surface area contributed by atoms with E-state index >= 15 is 0 Å². The molecule has 0 bridgehead atoms. The average Bonchev–Trinajstić information content (AvgIpc) is 3.36. The number of amides is 2. The molecule has 1 heterocycles. The molecule has 1 aromatic rings. The minimum absolute atomic E-state index is 0.0400. The minimum atomic E-state index is -5.03. The maximum Gasteiger partial charge on any atom is 0.417 e. The Balaban J connectivity index is 2.06. The van der Waals surface area contributed by atoms with Gasteiger partial charge in [0.05, 0.1) is 33.6 Å². The number of hydrogen-bond acceptors (Lipinski definition) is 8. The zero-order chi connectivity index (χ0) is 32.3. The highest BCUT2D eigenvalue weighted by molar-refractivity contribution is 8.01. The van der Waals surface area contributed by atoms with Crippen LogP contribution in [0.5, 0.6) is 0 Å². The molecule has 0 radical (unpaired) electrons. The van der Waals surface area contributed by atoms with Crippen molar-refractivity contribution in [3.05, 3.63) is 33.4 Å². The van der Waals surface area contributed by atoms with Gasteiger partial charge in [0.1, 0.15) is 10.3 Å². The van der Waals surface area contributed by atoms with E-state index in [1.807, 2.05) is 0 Å². The molecule has 1 aliphatic carbocycles. The molecule has 240 valence electrons. The largest absolute Gasteiger partial charge is 0.465 e.